The van der Waals surface area contributed by atoms with Crippen LogP contribution in [0.15, 0.2) is 18.2 Å². The van der Waals surface area contributed by atoms with Crippen molar-refractivity contribution in [2.75, 3.05) is 12.0 Å². The van der Waals surface area contributed by atoms with Crippen molar-refractivity contribution in [2.45, 2.75) is 6.18 Å². The molecule has 0 aliphatic heterocycles. The SMILES string of the molecule is Cn1nc(Oc2ccc([N+](=O)[O-])c(O[CH]CS(C)(=O)=O)c2)c(Cl)c1C(F)(F)F. The van der Waals surface area contributed by atoms with E-state index in [0.29, 0.717) is 4.68 Å². The maximum absolute atomic E-state index is 13.0. The lowest BCUT2D eigenvalue weighted by Gasteiger charge is -2.08. The molecular weight excluding hydrogens is 431 g/mol. The first-order valence-corrected chi connectivity index (χ1v) is 9.65. The fourth-order valence-corrected chi connectivity index (χ4v) is 2.63. The maximum Gasteiger partial charge on any atom is 0.434 e. The first kappa shape index (κ1) is 21.8. The molecule has 0 saturated carbocycles. The molecule has 2 aromatic rings. The van der Waals surface area contributed by atoms with E-state index in [-0.39, 0.29) is 11.5 Å². The van der Waals surface area contributed by atoms with Gasteiger partial charge < -0.3 is 9.47 Å². The molecule has 14 heteroatoms. The molecule has 0 fully saturated rings. The quantitative estimate of drug-likeness (QED) is 0.477. The number of hydrogen-bond acceptors (Lipinski definition) is 7. The van der Waals surface area contributed by atoms with Gasteiger partial charge in [-0.1, -0.05) is 11.6 Å². The Morgan fingerprint density at radius 2 is 2.04 bits per heavy atom. The fourth-order valence-electron chi connectivity index (χ4n) is 2.01. The number of aromatic nitrogens is 2. The zero-order valence-electron chi connectivity index (χ0n) is 14.2. The van der Waals surface area contributed by atoms with Gasteiger partial charge in [-0.2, -0.15) is 13.2 Å². The van der Waals surface area contributed by atoms with Crippen molar-refractivity contribution in [1.82, 2.24) is 9.78 Å². The van der Waals surface area contributed by atoms with Crippen LogP contribution in [0.1, 0.15) is 5.69 Å². The van der Waals surface area contributed by atoms with Gasteiger partial charge in [0.2, 0.25) is 5.75 Å². The van der Waals surface area contributed by atoms with E-state index < -0.39 is 49.0 Å². The van der Waals surface area contributed by atoms with Crippen LogP contribution in [0.5, 0.6) is 17.4 Å². The van der Waals surface area contributed by atoms with Crippen molar-refractivity contribution in [3.63, 3.8) is 0 Å². The van der Waals surface area contributed by atoms with E-state index in [2.05, 4.69) is 5.10 Å². The molecule has 0 bridgehead atoms. The van der Waals surface area contributed by atoms with Crippen LogP contribution < -0.4 is 9.47 Å². The number of hydrogen-bond donors (Lipinski definition) is 0. The van der Waals surface area contributed by atoms with Crippen molar-refractivity contribution in [3.8, 4) is 17.4 Å². The average molecular weight is 443 g/mol. The number of halogens is 4. The van der Waals surface area contributed by atoms with Gasteiger partial charge in [-0.25, -0.2) is 8.42 Å². The smallest absolute Gasteiger partial charge is 0.434 e. The lowest BCUT2D eigenvalue weighted by Crippen LogP contribution is -2.12. The van der Waals surface area contributed by atoms with E-state index in [1.807, 2.05) is 0 Å². The molecule has 2 rings (SSSR count). The van der Waals surface area contributed by atoms with E-state index in [9.17, 15) is 31.7 Å². The molecule has 0 amide bonds. The summed E-state index contributed by atoms with van der Waals surface area (Å²) in [5, 5.41) is 13.8. The highest BCUT2D eigenvalue weighted by atomic mass is 35.5. The largest absolute Gasteiger partial charge is 0.478 e. The Labute approximate surface area is 161 Å². The second-order valence-corrected chi connectivity index (χ2v) is 8.02. The third kappa shape index (κ3) is 5.25. The summed E-state index contributed by atoms with van der Waals surface area (Å²) in [7, 11) is -2.41. The Bertz CT molecular complexity index is 1010. The number of nitro groups is 1. The van der Waals surface area contributed by atoms with E-state index in [0.717, 1.165) is 38.1 Å². The summed E-state index contributed by atoms with van der Waals surface area (Å²) in [5.74, 6) is -1.64. The number of alkyl halides is 3. The first-order valence-electron chi connectivity index (χ1n) is 7.21. The highest BCUT2D eigenvalue weighted by molar-refractivity contribution is 7.90. The van der Waals surface area contributed by atoms with Crippen LogP contribution in [-0.2, 0) is 23.1 Å². The van der Waals surface area contributed by atoms with Crippen LogP contribution in [0.2, 0.25) is 5.02 Å². The molecule has 0 aliphatic carbocycles. The summed E-state index contributed by atoms with van der Waals surface area (Å²) in [6.45, 7) is 0.830. The van der Waals surface area contributed by atoms with E-state index in [1.54, 1.807) is 0 Å². The van der Waals surface area contributed by atoms with Gasteiger partial charge in [-0.05, 0) is 6.07 Å². The Morgan fingerprint density at radius 3 is 2.54 bits per heavy atom. The molecule has 1 aromatic heterocycles. The molecule has 0 atom stereocenters. The lowest BCUT2D eigenvalue weighted by atomic mass is 10.3. The summed E-state index contributed by atoms with van der Waals surface area (Å²) in [5.41, 5.74) is -1.75. The van der Waals surface area contributed by atoms with Crippen molar-refractivity contribution in [3.05, 3.63) is 45.6 Å². The summed E-state index contributed by atoms with van der Waals surface area (Å²) < 4.78 is 71.8. The highest BCUT2D eigenvalue weighted by Crippen LogP contribution is 2.41. The van der Waals surface area contributed by atoms with Gasteiger partial charge in [0.25, 0.3) is 5.88 Å². The van der Waals surface area contributed by atoms with Crippen LogP contribution in [0, 0.1) is 16.7 Å². The Kier molecular flexibility index (Phi) is 6.09. The summed E-state index contributed by atoms with van der Waals surface area (Å²) in [6.07, 6.45) is -3.84. The molecular formula is C14H12ClF3N3O6S. The van der Waals surface area contributed by atoms with Gasteiger partial charge in [0.05, 0.1) is 10.7 Å². The first-order chi connectivity index (χ1) is 12.8. The molecule has 0 spiro atoms. The average Bonchev–Trinajstić information content (AvgIpc) is 2.79. The molecule has 0 aliphatic rings. The third-order valence-corrected chi connectivity index (χ3v) is 4.23. The number of nitro benzene ring substituents is 1. The van der Waals surface area contributed by atoms with Gasteiger partial charge >= 0.3 is 11.9 Å². The van der Waals surface area contributed by atoms with Crippen LogP contribution in [-0.4, -0.2) is 35.1 Å². The van der Waals surface area contributed by atoms with Crippen LogP contribution >= 0.6 is 11.6 Å². The Hall–Kier alpha value is -2.54. The van der Waals surface area contributed by atoms with Crippen molar-refractivity contribution in [1.29, 1.82) is 0 Å². The number of rotatable bonds is 7. The van der Waals surface area contributed by atoms with E-state index >= 15 is 0 Å². The van der Waals surface area contributed by atoms with Gasteiger partial charge in [0.1, 0.15) is 10.8 Å². The van der Waals surface area contributed by atoms with Gasteiger partial charge in [-0.15, -0.1) is 5.10 Å². The lowest BCUT2D eigenvalue weighted by molar-refractivity contribution is -0.385. The number of benzene rings is 1. The number of aryl methyl sites for hydroxylation is 1. The molecule has 28 heavy (non-hydrogen) atoms. The monoisotopic (exact) mass is 442 g/mol. The molecule has 1 radical (unpaired) electrons. The van der Waals surface area contributed by atoms with Crippen molar-refractivity contribution in [2.24, 2.45) is 7.05 Å². The molecule has 0 saturated heterocycles. The zero-order valence-corrected chi connectivity index (χ0v) is 15.8. The molecule has 1 aromatic carbocycles. The topological polar surface area (TPSA) is 114 Å². The molecule has 0 unspecified atom stereocenters. The normalized spacial score (nSPS) is 12.1. The number of nitrogens with zero attached hydrogens (tertiary/aromatic N) is 3. The second-order valence-electron chi connectivity index (χ2n) is 5.45. The van der Waals surface area contributed by atoms with E-state index in [4.69, 9.17) is 21.1 Å². The molecule has 153 valence electrons. The minimum absolute atomic E-state index is 0.165. The minimum Gasteiger partial charge on any atom is -0.478 e. The minimum atomic E-state index is -4.77. The Balaban J connectivity index is 2.32. The van der Waals surface area contributed by atoms with Gasteiger partial charge in [-0.3, -0.25) is 14.8 Å². The highest BCUT2D eigenvalue weighted by Gasteiger charge is 2.39. The zero-order chi connectivity index (χ0) is 21.3. The van der Waals surface area contributed by atoms with Gasteiger partial charge in [0.15, 0.2) is 22.1 Å². The summed E-state index contributed by atoms with van der Waals surface area (Å²) in [4.78, 5) is 10.3. The van der Waals surface area contributed by atoms with Crippen molar-refractivity contribution >= 4 is 27.1 Å². The third-order valence-electron chi connectivity index (χ3n) is 3.15. The molecule has 1 heterocycles. The predicted octanol–water partition coefficient (Wildman–Crippen LogP) is 3.38. The number of ether oxygens (including phenoxy) is 2. The van der Waals surface area contributed by atoms with Crippen LogP contribution in [0.25, 0.3) is 0 Å². The number of sulfone groups is 1. The maximum atomic E-state index is 13.0. The van der Waals surface area contributed by atoms with Crippen LogP contribution in [0.4, 0.5) is 18.9 Å². The standard InChI is InChI=1S/C14H12ClF3N3O6S/c1-20-12(14(16,17)18)11(15)13(19-20)27-8-3-4-9(21(22)23)10(7-8)26-5-6-28(2,24)25/h3-5,7H,6H2,1-2H3. The Morgan fingerprint density at radius 1 is 1.39 bits per heavy atom. The molecule has 9 nitrogen and oxygen atoms in total. The fraction of sp³-hybridized carbons (Fsp3) is 0.286. The second kappa shape index (κ2) is 7.83. The van der Waals surface area contributed by atoms with Crippen LogP contribution in [0.3, 0.4) is 0 Å². The summed E-state index contributed by atoms with van der Waals surface area (Å²) in [6, 6.07) is 3.06. The molecule has 0 N–H and O–H groups in total. The van der Waals surface area contributed by atoms with Crippen molar-refractivity contribution < 1.29 is 36.0 Å². The summed E-state index contributed by atoms with van der Waals surface area (Å²) >= 11 is 5.68. The predicted molar refractivity (Wildman–Crippen MR) is 91.0 cm³/mol. The van der Waals surface area contributed by atoms with Gasteiger partial charge in [0, 0.05) is 25.4 Å². The van der Waals surface area contributed by atoms with E-state index in [1.165, 1.54) is 0 Å².